The molecule has 0 saturated carbocycles. The van der Waals surface area contributed by atoms with Crippen LogP contribution in [-0.4, -0.2) is 26.0 Å². The fourth-order valence-corrected chi connectivity index (χ4v) is 3.10. The number of amides is 1. The normalized spacial score (nSPS) is 12.0. The Hall–Kier alpha value is -2.87. The quantitative estimate of drug-likeness (QED) is 0.531. The van der Waals surface area contributed by atoms with Crippen molar-refractivity contribution in [3.63, 3.8) is 0 Å². The van der Waals surface area contributed by atoms with Gasteiger partial charge in [0.1, 0.15) is 5.82 Å². The molecule has 8 heteroatoms. The fraction of sp³-hybridized carbons (Fsp3) is 0.167. The summed E-state index contributed by atoms with van der Waals surface area (Å²) in [6.45, 7) is 3.73. The van der Waals surface area contributed by atoms with Gasteiger partial charge in [0.05, 0.1) is 5.25 Å². The average molecular weight is 371 g/mol. The molecule has 0 bridgehead atoms. The summed E-state index contributed by atoms with van der Waals surface area (Å²) in [5, 5.41) is 10.9. The number of halogens is 1. The molecule has 3 rings (SSSR count). The van der Waals surface area contributed by atoms with Crippen LogP contribution in [0.5, 0.6) is 0 Å². The SMILES string of the molecule is Cc1cccc(NC(=O)C(C)Sc2nnc(-c3ccc(F)cc3)n2N)c1. The summed E-state index contributed by atoms with van der Waals surface area (Å²) in [6.07, 6.45) is 0. The van der Waals surface area contributed by atoms with Crippen LogP contribution in [0.2, 0.25) is 0 Å². The van der Waals surface area contributed by atoms with Gasteiger partial charge in [0.25, 0.3) is 0 Å². The van der Waals surface area contributed by atoms with Crippen LogP contribution in [-0.2, 0) is 4.79 Å². The van der Waals surface area contributed by atoms with Gasteiger partial charge in [-0.15, -0.1) is 10.2 Å². The molecule has 1 aromatic heterocycles. The maximum Gasteiger partial charge on any atom is 0.237 e. The summed E-state index contributed by atoms with van der Waals surface area (Å²) >= 11 is 1.20. The largest absolute Gasteiger partial charge is 0.335 e. The first kappa shape index (κ1) is 17.9. The van der Waals surface area contributed by atoms with Crippen LogP contribution in [0.1, 0.15) is 12.5 Å². The Labute approximate surface area is 154 Å². The lowest BCUT2D eigenvalue weighted by molar-refractivity contribution is -0.115. The Morgan fingerprint density at radius 1 is 1.23 bits per heavy atom. The van der Waals surface area contributed by atoms with Gasteiger partial charge in [-0.25, -0.2) is 9.07 Å². The molecule has 3 N–H and O–H groups in total. The van der Waals surface area contributed by atoms with Gasteiger partial charge in [0, 0.05) is 11.3 Å². The van der Waals surface area contributed by atoms with Crippen LogP contribution in [0.15, 0.2) is 53.7 Å². The van der Waals surface area contributed by atoms with E-state index in [1.54, 1.807) is 19.1 Å². The zero-order valence-corrected chi connectivity index (χ0v) is 15.1. The molecule has 0 aliphatic carbocycles. The highest BCUT2D eigenvalue weighted by molar-refractivity contribution is 8.00. The molecule has 0 aliphatic heterocycles. The van der Waals surface area contributed by atoms with Crippen molar-refractivity contribution in [1.82, 2.24) is 14.9 Å². The lowest BCUT2D eigenvalue weighted by Crippen LogP contribution is -2.23. The summed E-state index contributed by atoms with van der Waals surface area (Å²) in [6, 6.07) is 13.4. The molecular formula is C18H18FN5OS. The van der Waals surface area contributed by atoms with Crippen molar-refractivity contribution in [1.29, 1.82) is 0 Å². The first-order chi connectivity index (χ1) is 12.4. The lowest BCUT2D eigenvalue weighted by Gasteiger charge is -2.12. The number of rotatable bonds is 5. The van der Waals surface area contributed by atoms with Crippen molar-refractivity contribution in [2.24, 2.45) is 0 Å². The Morgan fingerprint density at radius 2 is 1.96 bits per heavy atom. The van der Waals surface area contributed by atoms with Gasteiger partial charge in [-0.2, -0.15) is 0 Å². The number of aryl methyl sites for hydroxylation is 1. The molecule has 26 heavy (non-hydrogen) atoms. The highest BCUT2D eigenvalue weighted by Gasteiger charge is 2.20. The van der Waals surface area contributed by atoms with Crippen LogP contribution in [0.4, 0.5) is 10.1 Å². The Bertz CT molecular complexity index is 926. The number of benzene rings is 2. The molecule has 1 heterocycles. The van der Waals surface area contributed by atoms with E-state index in [0.717, 1.165) is 11.3 Å². The standard InChI is InChI=1S/C18H18FN5OS/c1-11-4-3-5-15(10-11)21-17(25)12(2)26-18-23-22-16(24(18)20)13-6-8-14(19)9-7-13/h3-10,12H,20H2,1-2H3,(H,21,25). The smallest absolute Gasteiger partial charge is 0.237 e. The first-order valence-corrected chi connectivity index (χ1v) is 8.82. The van der Waals surface area contributed by atoms with Gasteiger partial charge >= 0.3 is 0 Å². The molecule has 0 saturated heterocycles. The van der Waals surface area contributed by atoms with Crippen molar-refractivity contribution in [2.75, 3.05) is 11.2 Å². The summed E-state index contributed by atoms with van der Waals surface area (Å²) in [7, 11) is 0. The van der Waals surface area contributed by atoms with Gasteiger partial charge in [0.2, 0.25) is 11.1 Å². The maximum absolute atomic E-state index is 13.1. The van der Waals surface area contributed by atoms with E-state index in [9.17, 15) is 9.18 Å². The molecule has 1 amide bonds. The number of nitrogens with two attached hydrogens (primary N) is 1. The molecule has 1 unspecified atom stereocenters. The van der Waals surface area contributed by atoms with Crippen molar-refractivity contribution in [3.05, 3.63) is 59.9 Å². The molecule has 0 radical (unpaired) electrons. The predicted octanol–water partition coefficient (Wildman–Crippen LogP) is 3.23. The third-order valence-electron chi connectivity index (χ3n) is 3.70. The van der Waals surface area contributed by atoms with Gasteiger partial charge in [-0.1, -0.05) is 23.9 Å². The number of hydrogen-bond acceptors (Lipinski definition) is 5. The van der Waals surface area contributed by atoms with Crippen LogP contribution in [0.3, 0.4) is 0 Å². The van der Waals surface area contributed by atoms with E-state index < -0.39 is 5.25 Å². The second-order valence-electron chi connectivity index (χ2n) is 5.80. The highest BCUT2D eigenvalue weighted by atomic mass is 32.2. The minimum atomic E-state index is -0.428. The van der Waals surface area contributed by atoms with Gasteiger partial charge in [0.15, 0.2) is 5.82 Å². The highest BCUT2D eigenvalue weighted by Crippen LogP contribution is 2.25. The molecule has 0 spiro atoms. The van der Waals surface area contributed by atoms with Crippen molar-refractivity contribution in [2.45, 2.75) is 24.3 Å². The van der Waals surface area contributed by atoms with E-state index in [-0.39, 0.29) is 11.7 Å². The number of nitrogens with one attached hydrogen (secondary N) is 1. The van der Waals surface area contributed by atoms with Crippen LogP contribution in [0, 0.1) is 12.7 Å². The molecular weight excluding hydrogens is 353 g/mol. The zero-order valence-electron chi connectivity index (χ0n) is 14.3. The van der Waals surface area contributed by atoms with Gasteiger partial charge in [-0.3, -0.25) is 4.79 Å². The van der Waals surface area contributed by atoms with Crippen molar-refractivity contribution in [3.8, 4) is 11.4 Å². The summed E-state index contributed by atoms with van der Waals surface area (Å²) in [5.41, 5.74) is 2.45. The molecule has 1 atom stereocenters. The molecule has 134 valence electrons. The number of carbonyl (C=O) groups excluding carboxylic acids is 1. The molecule has 0 aliphatic rings. The Kier molecular flexibility index (Phi) is 5.22. The number of carbonyl (C=O) groups is 1. The molecule has 6 nitrogen and oxygen atoms in total. The third kappa shape index (κ3) is 4.02. The fourth-order valence-electron chi connectivity index (χ4n) is 2.33. The van der Waals surface area contributed by atoms with Crippen molar-refractivity contribution >= 4 is 23.4 Å². The van der Waals surface area contributed by atoms with E-state index >= 15 is 0 Å². The molecule has 2 aromatic carbocycles. The number of nitrogen functional groups attached to an aromatic ring is 1. The van der Waals surface area contributed by atoms with E-state index in [4.69, 9.17) is 5.84 Å². The summed E-state index contributed by atoms with van der Waals surface area (Å²) in [4.78, 5) is 12.4. The van der Waals surface area contributed by atoms with E-state index in [1.807, 2.05) is 31.2 Å². The van der Waals surface area contributed by atoms with E-state index in [0.29, 0.717) is 16.5 Å². The van der Waals surface area contributed by atoms with Gasteiger partial charge < -0.3 is 11.2 Å². The zero-order chi connectivity index (χ0) is 18.7. The van der Waals surface area contributed by atoms with E-state index in [2.05, 4.69) is 15.5 Å². The molecule has 0 fully saturated rings. The predicted molar refractivity (Wildman–Crippen MR) is 101 cm³/mol. The number of nitrogens with zero attached hydrogens (tertiary/aromatic N) is 3. The third-order valence-corrected chi connectivity index (χ3v) is 4.76. The minimum absolute atomic E-state index is 0.160. The maximum atomic E-state index is 13.1. The van der Waals surface area contributed by atoms with Gasteiger partial charge in [-0.05, 0) is 55.8 Å². The van der Waals surface area contributed by atoms with Crippen LogP contribution in [0.25, 0.3) is 11.4 Å². The van der Waals surface area contributed by atoms with E-state index in [1.165, 1.54) is 28.6 Å². The summed E-state index contributed by atoms with van der Waals surface area (Å²) in [5.74, 6) is 5.94. The Morgan fingerprint density at radius 3 is 2.65 bits per heavy atom. The summed E-state index contributed by atoms with van der Waals surface area (Å²) < 4.78 is 14.4. The minimum Gasteiger partial charge on any atom is -0.335 e. The van der Waals surface area contributed by atoms with Crippen LogP contribution >= 0.6 is 11.8 Å². The lowest BCUT2D eigenvalue weighted by atomic mass is 10.2. The second kappa shape index (κ2) is 7.57. The number of hydrogen-bond donors (Lipinski definition) is 2. The number of aromatic nitrogens is 3. The average Bonchev–Trinajstić information content (AvgIpc) is 2.96. The first-order valence-electron chi connectivity index (χ1n) is 7.94. The topological polar surface area (TPSA) is 85.8 Å². The van der Waals surface area contributed by atoms with Crippen LogP contribution < -0.4 is 11.2 Å². The monoisotopic (exact) mass is 371 g/mol. The molecule has 3 aromatic rings. The number of anilines is 1. The Balaban J connectivity index is 1.70. The van der Waals surface area contributed by atoms with Crippen molar-refractivity contribution < 1.29 is 9.18 Å². The second-order valence-corrected chi connectivity index (χ2v) is 7.11. The number of thioether (sulfide) groups is 1.